The summed E-state index contributed by atoms with van der Waals surface area (Å²) >= 11 is 6.03. The maximum absolute atomic E-state index is 13.8. The van der Waals surface area contributed by atoms with Crippen molar-refractivity contribution in [1.29, 1.82) is 0 Å². The molecule has 0 amide bonds. The summed E-state index contributed by atoms with van der Waals surface area (Å²) in [5.41, 5.74) is 0.414. The van der Waals surface area contributed by atoms with E-state index in [1.54, 1.807) is 12.1 Å². The van der Waals surface area contributed by atoms with Gasteiger partial charge in [-0.3, -0.25) is 0 Å². The van der Waals surface area contributed by atoms with Crippen molar-refractivity contribution in [3.8, 4) is 0 Å². The van der Waals surface area contributed by atoms with E-state index in [0.717, 1.165) is 12.8 Å². The van der Waals surface area contributed by atoms with Crippen LogP contribution in [0.5, 0.6) is 0 Å². The van der Waals surface area contributed by atoms with Crippen LogP contribution in [0, 0.1) is 5.82 Å². The lowest BCUT2D eigenvalue weighted by atomic mass is 9.89. The van der Waals surface area contributed by atoms with E-state index in [9.17, 15) is 4.39 Å². The van der Waals surface area contributed by atoms with Crippen LogP contribution in [-0.2, 0) is 6.42 Å². The first-order valence-electron chi connectivity index (χ1n) is 7.22. The van der Waals surface area contributed by atoms with Crippen LogP contribution in [0.4, 0.5) is 4.39 Å². The molecule has 1 aromatic carbocycles. The lowest BCUT2D eigenvalue weighted by Gasteiger charge is -2.15. The Hall–Kier alpha value is -1.46. The smallest absolute Gasteiger partial charge is 0.231 e. The lowest BCUT2D eigenvalue weighted by molar-refractivity contribution is 0.327. The number of hydrogen-bond donors (Lipinski definition) is 1. The van der Waals surface area contributed by atoms with E-state index in [0.29, 0.717) is 40.3 Å². The predicted octanol–water partition coefficient (Wildman–Crippen LogP) is 3.06. The maximum Gasteiger partial charge on any atom is 0.231 e. The molecule has 0 saturated carbocycles. The SMILES string of the molecule is Fc1cccc(Cl)c1Cc1noc([C@@H]2C[C@@H]3CC[C@H]2N3)n1. The molecule has 4 rings (SSSR count). The van der Waals surface area contributed by atoms with E-state index >= 15 is 0 Å². The Kier molecular flexibility index (Phi) is 3.19. The fourth-order valence-electron chi connectivity index (χ4n) is 3.45. The van der Waals surface area contributed by atoms with Gasteiger partial charge >= 0.3 is 0 Å². The van der Waals surface area contributed by atoms with Gasteiger partial charge < -0.3 is 9.84 Å². The summed E-state index contributed by atoms with van der Waals surface area (Å²) in [5.74, 6) is 1.11. The van der Waals surface area contributed by atoms with Crippen LogP contribution in [0.1, 0.15) is 42.5 Å². The van der Waals surface area contributed by atoms with Gasteiger partial charge in [0.25, 0.3) is 0 Å². The van der Waals surface area contributed by atoms with E-state index in [1.165, 1.54) is 12.5 Å². The van der Waals surface area contributed by atoms with Crippen LogP contribution in [0.15, 0.2) is 22.7 Å². The number of nitrogens with zero attached hydrogens (tertiary/aromatic N) is 2. The summed E-state index contributed by atoms with van der Waals surface area (Å²) in [7, 11) is 0. The average molecular weight is 308 g/mol. The Bertz CT molecular complexity index is 654. The highest BCUT2D eigenvalue weighted by molar-refractivity contribution is 6.31. The number of fused-ring (bicyclic) bond motifs is 2. The number of nitrogens with one attached hydrogen (secondary N) is 1. The monoisotopic (exact) mass is 307 g/mol. The standard InChI is InChI=1S/C15H15ClFN3O/c16-11-2-1-3-12(17)9(11)7-14-19-15(21-20-14)10-6-8-4-5-13(10)18-8/h1-3,8,10,13,18H,4-7H2/t8-,10+,13+/m0/s1. The molecule has 3 atom stereocenters. The van der Waals surface area contributed by atoms with Gasteiger partial charge in [0.15, 0.2) is 5.82 Å². The third kappa shape index (κ3) is 2.34. The van der Waals surface area contributed by atoms with E-state index < -0.39 is 0 Å². The zero-order chi connectivity index (χ0) is 14.4. The summed E-state index contributed by atoms with van der Waals surface area (Å²) in [6.07, 6.45) is 3.69. The van der Waals surface area contributed by atoms with Crippen LogP contribution < -0.4 is 5.32 Å². The molecule has 21 heavy (non-hydrogen) atoms. The van der Waals surface area contributed by atoms with Gasteiger partial charge in [-0.1, -0.05) is 22.8 Å². The molecule has 2 fully saturated rings. The molecular formula is C15H15ClFN3O. The summed E-state index contributed by atoms with van der Waals surface area (Å²) < 4.78 is 19.2. The van der Waals surface area contributed by atoms with E-state index in [1.807, 2.05) is 0 Å². The van der Waals surface area contributed by atoms with E-state index in [2.05, 4.69) is 15.5 Å². The normalized spacial score (nSPS) is 27.4. The zero-order valence-corrected chi connectivity index (χ0v) is 12.1. The summed E-state index contributed by atoms with van der Waals surface area (Å²) in [5, 5.41) is 7.92. The molecule has 2 bridgehead atoms. The van der Waals surface area contributed by atoms with Gasteiger partial charge in [0.05, 0.1) is 5.92 Å². The van der Waals surface area contributed by atoms with Crippen LogP contribution >= 0.6 is 11.6 Å². The molecule has 0 radical (unpaired) electrons. The minimum atomic E-state index is -0.338. The molecule has 1 aromatic heterocycles. The Balaban J connectivity index is 1.55. The highest BCUT2D eigenvalue weighted by Gasteiger charge is 2.42. The molecule has 3 heterocycles. The molecule has 4 nitrogen and oxygen atoms in total. The number of benzene rings is 1. The quantitative estimate of drug-likeness (QED) is 0.947. The lowest BCUT2D eigenvalue weighted by Crippen LogP contribution is -2.21. The molecular weight excluding hydrogens is 293 g/mol. The molecule has 0 spiro atoms. The highest BCUT2D eigenvalue weighted by atomic mass is 35.5. The minimum Gasteiger partial charge on any atom is -0.339 e. The van der Waals surface area contributed by atoms with Gasteiger partial charge in [0.2, 0.25) is 5.89 Å². The fourth-order valence-corrected chi connectivity index (χ4v) is 3.68. The number of rotatable bonds is 3. The third-order valence-electron chi connectivity index (χ3n) is 4.50. The van der Waals surface area contributed by atoms with Gasteiger partial charge in [-0.2, -0.15) is 4.98 Å². The number of halogens is 2. The first-order valence-corrected chi connectivity index (χ1v) is 7.60. The molecule has 2 aliphatic heterocycles. The molecule has 2 saturated heterocycles. The first kappa shape index (κ1) is 13.2. The predicted molar refractivity (Wildman–Crippen MR) is 75.8 cm³/mol. The zero-order valence-electron chi connectivity index (χ0n) is 11.4. The van der Waals surface area contributed by atoms with Crippen molar-refractivity contribution >= 4 is 11.6 Å². The fraction of sp³-hybridized carbons (Fsp3) is 0.467. The van der Waals surface area contributed by atoms with Crippen LogP contribution in [-0.4, -0.2) is 22.2 Å². The highest BCUT2D eigenvalue weighted by Crippen LogP contribution is 2.39. The second-order valence-electron chi connectivity index (χ2n) is 5.82. The van der Waals surface area contributed by atoms with Crippen LogP contribution in [0.3, 0.4) is 0 Å². The average Bonchev–Trinajstić information content (AvgIpc) is 3.18. The maximum atomic E-state index is 13.8. The van der Waals surface area contributed by atoms with E-state index in [4.69, 9.17) is 16.1 Å². The van der Waals surface area contributed by atoms with Crippen molar-refractivity contribution in [3.05, 3.63) is 46.3 Å². The van der Waals surface area contributed by atoms with Crippen molar-refractivity contribution in [1.82, 2.24) is 15.5 Å². The number of hydrogen-bond acceptors (Lipinski definition) is 4. The van der Waals surface area contributed by atoms with Crippen molar-refractivity contribution < 1.29 is 8.91 Å². The van der Waals surface area contributed by atoms with Gasteiger partial charge in [-0.15, -0.1) is 0 Å². The Morgan fingerprint density at radius 1 is 1.38 bits per heavy atom. The molecule has 0 unspecified atom stereocenters. The Morgan fingerprint density at radius 2 is 2.29 bits per heavy atom. The van der Waals surface area contributed by atoms with Gasteiger partial charge in [0, 0.05) is 29.1 Å². The van der Waals surface area contributed by atoms with Crippen LogP contribution in [0.2, 0.25) is 5.02 Å². The summed E-state index contributed by atoms with van der Waals surface area (Å²) in [6, 6.07) is 5.67. The third-order valence-corrected chi connectivity index (χ3v) is 4.85. The molecule has 6 heteroatoms. The summed E-state index contributed by atoms with van der Waals surface area (Å²) in [4.78, 5) is 4.45. The molecule has 0 aliphatic carbocycles. The van der Waals surface area contributed by atoms with Crippen molar-refractivity contribution in [2.24, 2.45) is 0 Å². The summed E-state index contributed by atoms with van der Waals surface area (Å²) in [6.45, 7) is 0. The largest absolute Gasteiger partial charge is 0.339 e. The number of aromatic nitrogens is 2. The second kappa shape index (κ2) is 5.07. The van der Waals surface area contributed by atoms with Crippen molar-refractivity contribution in [2.45, 2.75) is 43.7 Å². The van der Waals surface area contributed by atoms with Gasteiger partial charge in [-0.05, 0) is 31.4 Å². The Labute approximate surface area is 126 Å². The van der Waals surface area contributed by atoms with Gasteiger partial charge in [0.1, 0.15) is 5.82 Å². The van der Waals surface area contributed by atoms with Crippen molar-refractivity contribution in [2.75, 3.05) is 0 Å². The first-order chi connectivity index (χ1) is 10.2. The second-order valence-corrected chi connectivity index (χ2v) is 6.22. The minimum absolute atomic E-state index is 0.253. The Morgan fingerprint density at radius 3 is 3.00 bits per heavy atom. The molecule has 110 valence electrons. The molecule has 1 N–H and O–H groups in total. The topological polar surface area (TPSA) is 51.0 Å². The molecule has 2 aliphatic rings. The molecule has 2 aromatic rings. The van der Waals surface area contributed by atoms with Crippen molar-refractivity contribution in [3.63, 3.8) is 0 Å². The van der Waals surface area contributed by atoms with E-state index in [-0.39, 0.29) is 12.2 Å². The van der Waals surface area contributed by atoms with Gasteiger partial charge in [-0.25, -0.2) is 4.39 Å². The van der Waals surface area contributed by atoms with Crippen LogP contribution in [0.25, 0.3) is 0 Å².